The molecular formula is C8H17NO2. The molecule has 0 aliphatic heterocycles. The summed E-state index contributed by atoms with van der Waals surface area (Å²) in [6, 6.07) is -0.410. The van der Waals surface area contributed by atoms with Crippen molar-refractivity contribution < 1.29 is 9.90 Å². The van der Waals surface area contributed by atoms with Crippen molar-refractivity contribution in [1.29, 1.82) is 0 Å². The van der Waals surface area contributed by atoms with Crippen LogP contribution >= 0.6 is 0 Å². The first kappa shape index (κ1) is 10.4. The molecule has 0 saturated heterocycles. The third-order valence-corrected chi connectivity index (χ3v) is 1.60. The number of carboxylic acids is 1. The topological polar surface area (TPSA) is 49.3 Å². The van der Waals surface area contributed by atoms with Crippen molar-refractivity contribution >= 4 is 5.97 Å². The van der Waals surface area contributed by atoms with Crippen LogP contribution in [0.15, 0.2) is 0 Å². The third kappa shape index (κ3) is 5.85. The molecule has 0 aromatic heterocycles. The van der Waals surface area contributed by atoms with Gasteiger partial charge in [-0.2, -0.15) is 0 Å². The summed E-state index contributed by atoms with van der Waals surface area (Å²) in [7, 11) is 0. The van der Waals surface area contributed by atoms with E-state index in [9.17, 15) is 4.79 Å². The molecular weight excluding hydrogens is 142 g/mol. The number of carboxylic acid groups (broad SMARTS) is 1. The second-order valence-corrected chi connectivity index (χ2v) is 2.72. The first-order valence-corrected chi connectivity index (χ1v) is 4.14. The van der Waals surface area contributed by atoms with E-state index >= 15 is 0 Å². The zero-order valence-electron chi connectivity index (χ0n) is 7.26. The molecule has 1 unspecified atom stereocenters. The zero-order chi connectivity index (χ0) is 8.69. The standard InChI is InChI=1S/C8H17NO2/c1-3-4-5-6-9-7(2)8(10)11/h7,9H,3-6H2,1-2H3,(H,10,11). The van der Waals surface area contributed by atoms with Gasteiger partial charge in [-0.05, 0) is 19.9 Å². The highest BCUT2D eigenvalue weighted by atomic mass is 16.4. The molecule has 3 heteroatoms. The highest BCUT2D eigenvalue weighted by Gasteiger charge is 2.07. The highest BCUT2D eigenvalue weighted by molar-refractivity contribution is 5.72. The van der Waals surface area contributed by atoms with Crippen molar-refractivity contribution in [2.75, 3.05) is 6.54 Å². The van der Waals surface area contributed by atoms with Crippen LogP contribution in [0.2, 0.25) is 0 Å². The minimum Gasteiger partial charge on any atom is -0.480 e. The van der Waals surface area contributed by atoms with Crippen LogP contribution in [0, 0.1) is 0 Å². The normalized spacial score (nSPS) is 12.9. The first-order valence-electron chi connectivity index (χ1n) is 4.14. The number of rotatable bonds is 6. The van der Waals surface area contributed by atoms with Crippen LogP contribution < -0.4 is 5.32 Å². The van der Waals surface area contributed by atoms with Crippen LogP contribution in [0.1, 0.15) is 33.1 Å². The Balaban J connectivity index is 3.17. The van der Waals surface area contributed by atoms with Crippen LogP contribution in [-0.4, -0.2) is 23.7 Å². The summed E-state index contributed by atoms with van der Waals surface area (Å²) < 4.78 is 0. The van der Waals surface area contributed by atoms with Crippen molar-refractivity contribution in [2.45, 2.75) is 39.2 Å². The molecule has 0 rings (SSSR count). The van der Waals surface area contributed by atoms with Gasteiger partial charge in [0.15, 0.2) is 0 Å². The summed E-state index contributed by atoms with van der Waals surface area (Å²) >= 11 is 0. The maximum Gasteiger partial charge on any atom is 0.320 e. The van der Waals surface area contributed by atoms with E-state index in [2.05, 4.69) is 12.2 Å². The van der Waals surface area contributed by atoms with Crippen molar-refractivity contribution in [1.82, 2.24) is 5.32 Å². The van der Waals surface area contributed by atoms with Crippen LogP contribution in [0.5, 0.6) is 0 Å². The van der Waals surface area contributed by atoms with Crippen LogP contribution in [0.4, 0.5) is 0 Å². The predicted octanol–water partition coefficient (Wildman–Crippen LogP) is 1.24. The Morgan fingerprint density at radius 2 is 2.18 bits per heavy atom. The quantitative estimate of drug-likeness (QED) is 0.573. The van der Waals surface area contributed by atoms with Gasteiger partial charge in [-0.3, -0.25) is 4.79 Å². The van der Waals surface area contributed by atoms with Gasteiger partial charge in [-0.15, -0.1) is 0 Å². The summed E-state index contributed by atoms with van der Waals surface area (Å²) in [4.78, 5) is 10.3. The molecule has 0 heterocycles. The number of hydrogen-bond acceptors (Lipinski definition) is 2. The molecule has 11 heavy (non-hydrogen) atoms. The number of aliphatic carboxylic acids is 1. The van der Waals surface area contributed by atoms with Crippen molar-refractivity contribution in [3.63, 3.8) is 0 Å². The van der Waals surface area contributed by atoms with Gasteiger partial charge in [-0.25, -0.2) is 0 Å². The van der Waals surface area contributed by atoms with E-state index in [4.69, 9.17) is 5.11 Å². The lowest BCUT2D eigenvalue weighted by Crippen LogP contribution is -2.34. The largest absolute Gasteiger partial charge is 0.480 e. The van der Waals surface area contributed by atoms with Gasteiger partial charge >= 0.3 is 5.97 Å². The molecule has 0 fully saturated rings. The van der Waals surface area contributed by atoms with Gasteiger partial charge in [-0.1, -0.05) is 19.8 Å². The second kappa shape index (κ2) is 6.16. The Labute approximate surface area is 67.8 Å². The average Bonchev–Trinajstić information content (AvgIpc) is 1.97. The van der Waals surface area contributed by atoms with E-state index in [1.54, 1.807) is 6.92 Å². The minimum atomic E-state index is -0.776. The fraction of sp³-hybridized carbons (Fsp3) is 0.875. The summed E-state index contributed by atoms with van der Waals surface area (Å²) in [5.74, 6) is -0.776. The number of nitrogens with one attached hydrogen (secondary N) is 1. The fourth-order valence-corrected chi connectivity index (χ4v) is 0.781. The molecule has 66 valence electrons. The molecule has 0 radical (unpaired) electrons. The molecule has 0 aromatic carbocycles. The lowest BCUT2D eigenvalue weighted by Gasteiger charge is -2.07. The van der Waals surface area contributed by atoms with E-state index in [-0.39, 0.29) is 0 Å². The van der Waals surface area contributed by atoms with Gasteiger partial charge in [0.1, 0.15) is 6.04 Å². The number of carbonyl (C=O) groups is 1. The van der Waals surface area contributed by atoms with E-state index in [1.165, 1.54) is 12.8 Å². The molecule has 3 nitrogen and oxygen atoms in total. The lowest BCUT2D eigenvalue weighted by molar-refractivity contribution is -0.138. The molecule has 0 spiro atoms. The summed E-state index contributed by atoms with van der Waals surface area (Å²) in [5, 5.41) is 11.4. The minimum absolute atomic E-state index is 0.410. The van der Waals surface area contributed by atoms with Gasteiger partial charge < -0.3 is 10.4 Å². The molecule has 0 aromatic rings. The second-order valence-electron chi connectivity index (χ2n) is 2.72. The lowest BCUT2D eigenvalue weighted by atomic mass is 10.2. The van der Waals surface area contributed by atoms with Crippen molar-refractivity contribution in [3.05, 3.63) is 0 Å². The van der Waals surface area contributed by atoms with Crippen LogP contribution in [0.25, 0.3) is 0 Å². The third-order valence-electron chi connectivity index (χ3n) is 1.60. The predicted molar refractivity (Wildman–Crippen MR) is 44.6 cm³/mol. The summed E-state index contributed by atoms with van der Waals surface area (Å²) in [6.07, 6.45) is 3.40. The van der Waals surface area contributed by atoms with Gasteiger partial charge in [0, 0.05) is 0 Å². The van der Waals surface area contributed by atoms with Gasteiger partial charge in [0.25, 0.3) is 0 Å². The van der Waals surface area contributed by atoms with Crippen molar-refractivity contribution in [3.8, 4) is 0 Å². The highest BCUT2D eigenvalue weighted by Crippen LogP contribution is 1.92. The van der Waals surface area contributed by atoms with Gasteiger partial charge in [0.2, 0.25) is 0 Å². The number of unbranched alkanes of at least 4 members (excludes halogenated alkanes) is 2. The van der Waals surface area contributed by atoms with E-state index in [0.29, 0.717) is 0 Å². The maximum atomic E-state index is 10.3. The smallest absolute Gasteiger partial charge is 0.320 e. The SMILES string of the molecule is CCCCCNC(C)C(=O)O. The van der Waals surface area contributed by atoms with E-state index in [0.717, 1.165) is 13.0 Å². The van der Waals surface area contributed by atoms with Gasteiger partial charge in [0.05, 0.1) is 0 Å². The van der Waals surface area contributed by atoms with E-state index < -0.39 is 12.0 Å². The maximum absolute atomic E-state index is 10.3. The Hall–Kier alpha value is -0.570. The Kier molecular flexibility index (Phi) is 5.84. The summed E-state index contributed by atoms with van der Waals surface area (Å²) in [5.41, 5.74) is 0. The molecule has 0 bridgehead atoms. The Bertz CT molecular complexity index is 115. The molecule has 0 amide bonds. The molecule has 2 N–H and O–H groups in total. The zero-order valence-corrected chi connectivity index (χ0v) is 7.26. The average molecular weight is 159 g/mol. The Morgan fingerprint density at radius 3 is 2.64 bits per heavy atom. The molecule has 0 saturated carbocycles. The molecule has 0 aliphatic carbocycles. The van der Waals surface area contributed by atoms with Crippen LogP contribution in [-0.2, 0) is 4.79 Å². The number of hydrogen-bond donors (Lipinski definition) is 2. The fourth-order valence-electron chi connectivity index (χ4n) is 0.781. The monoisotopic (exact) mass is 159 g/mol. The molecule has 0 aliphatic rings. The Morgan fingerprint density at radius 1 is 1.55 bits per heavy atom. The molecule has 1 atom stereocenters. The van der Waals surface area contributed by atoms with E-state index in [1.807, 2.05) is 0 Å². The summed E-state index contributed by atoms with van der Waals surface area (Å²) in [6.45, 7) is 4.59. The van der Waals surface area contributed by atoms with Crippen LogP contribution in [0.3, 0.4) is 0 Å². The first-order chi connectivity index (χ1) is 5.18. The van der Waals surface area contributed by atoms with Crippen molar-refractivity contribution in [2.24, 2.45) is 0 Å².